The molecule has 1 aliphatic carbocycles. The molecule has 0 saturated heterocycles. The van der Waals surface area contributed by atoms with Crippen LogP contribution in [0.3, 0.4) is 0 Å². The van der Waals surface area contributed by atoms with Crippen molar-refractivity contribution in [2.24, 2.45) is 5.73 Å². The van der Waals surface area contributed by atoms with Crippen LogP contribution in [0.4, 0.5) is 0 Å². The third kappa shape index (κ3) is 3.31. The zero-order chi connectivity index (χ0) is 14.8. The number of amides is 1. The number of ether oxygens (including phenoxy) is 1. The SMILES string of the molecule is CC(C)Oc1cccc(C(C)NC(=O)C2(N)CCC2)c1. The van der Waals surface area contributed by atoms with E-state index in [9.17, 15) is 4.79 Å². The molecule has 1 fully saturated rings. The minimum atomic E-state index is -0.652. The number of rotatable bonds is 5. The van der Waals surface area contributed by atoms with Gasteiger partial charge in [-0.05, 0) is 57.7 Å². The normalized spacial score (nSPS) is 18.2. The highest BCUT2D eigenvalue weighted by Gasteiger charge is 2.40. The van der Waals surface area contributed by atoms with Crippen molar-refractivity contribution in [1.82, 2.24) is 5.32 Å². The molecule has 0 heterocycles. The Morgan fingerprint density at radius 1 is 1.35 bits per heavy atom. The molecular weight excluding hydrogens is 252 g/mol. The van der Waals surface area contributed by atoms with Crippen molar-refractivity contribution in [3.05, 3.63) is 29.8 Å². The van der Waals surface area contributed by atoms with Gasteiger partial charge in [-0.3, -0.25) is 4.79 Å². The first-order valence-electron chi connectivity index (χ1n) is 7.27. The Labute approximate surface area is 120 Å². The van der Waals surface area contributed by atoms with Crippen LogP contribution in [0.2, 0.25) is 0 Å². The van der Waals surface area contributed by atoms with E-state index in [1.165, 1.54) is 0 Å². The lowest BCUT2D eigenvalue weighted by atomic mass is 9.77. The average Bonchev–Trinajstić information content (AvgIpc) is 2.35. The van der Waals surface area contributed by atoms with Gasteiger partial charge in [0.25, 0.3) is 0 Å². The number of benzene rings is 1. The van der Waals surface area contributed by atoms with Gasteiger partial charge in [0.2, 0.25) is 5.91 Å². The molecule has 1 atom stereocenters. The fraction of sp³-hybridized carbons (Fsp3) is 0.562. The quantitative estimate of drug-likeness (QED) is 0.868. The van der Waals surface area contributed by atoms with Gasteiger partial charge in [-0.25, -0.2) is 0 Å². The molecule has 1 saturated carbocycles. The molecule has 110 valence electrons. The van der Waals surface area contributed by atoms with Crippen LogP contribution in [-0.2, 0) is 4.79 Å². The topological polar surface area (TPSA) is 64.3 Å². The third-order valence-corrected chi connectivity index (χ3v) is 3.78. The summed E-state index contributed by atoms with van der Waals surface area (Å²) in [5, 5.41) is 3.00. The molecular formula is C16H24N2O2. The van der Waals surface area contributed by atoms with Crippen LogP contribution in [-0.4, -0.2) is 17.6 Å². The van der Waals surface area contributed by atoms with Crippen molar-refractivity contribution < 1.29 is 9.53 Å². The van der Waals surface area contributed by atoms with Crippen LogP contribution in [0.15, 0.2) is 24.3 Å². The Balaban J connectivity index is 2.01. The lowest BCUT2D eigenvalue weighted by Gasteiger charge is -2.37. The molecule has 0 aliphatic heterocycles. The molecule has 0 radical (unpaired) electrons. The minimum Gasteiger partial charge on any atom is -0.491 e. The third-order valence-electron chi connectivity index (χ3n) is 3.78. The molecule has 1 aromatic carbocycles. The summed E-state index contributed by atoms with van der Waals surface area (Å²) < 4.78 is 5.67. The van der Waals surface area contributed by atoms with E-state index in [0.717, 1.165) is 30.6 Å². The smallest absolute Gasteiger partial charge is 0.240 e. The van der Waals surface area contributed by atoms with Gasteiger partial charge in [0.05, 0.1) is 17.7 Å². The van der Waals surface area contributed by atoms with Crippen molar-refractivity contribution in [1.29, 1.82) is 0 Å². The average molecular weight is 276 g/mol. The monoisotopic (exact) mass is 276 g/mol. The van der Waals surface area contributed by atoms with Gasteiger partial charge < -0.3 is 15.8 Å². The van der Waals surface area contributed by atoms with Gasteiger partial charge in [0, 0.05) is 0 Å². The number of hydrogen-bond acceptors (Lipinski definition) is 3. The number of nitrogens with one attached hydrogen (secondary N) is 1. The summed E-state index contributed by atoms with van der Waals surface area (Å²) in [6.07, 6.45) is 2.73. The molecule has 2 rings (SSSR count). The zero-order valence-corrected chi connectivity index (χ0v) is 12.5. The molecule has 1 amide bonds. The summed E-state index contributed by atoms with van der Waals surface area (Å²) in [5.74, 6) is 0.774. The van der Waals surface area contributed by atoms with Crippen molar-refractivity contribution in [3.8, 4) is 5.75 Å². The molecule has 4 nitrogen and oxygen atoms in total. The van der Waals surface area contributed by atoms with E-state index in [4.69, 9.17) is 10.5 Å². The Kier molecular flexibility index (Phi) is 4.33. The van der Waals surface area contributed by atoms with Gasteiger partial charge in [-0.15, -0.1) is 0 Å². The first-order chi connectivity index (χ1) is 9.40. The Morgan fingerprint density at radius 3 is 2.60 bits per heavy atom. The number of nitrogens with two attached hydrogens (primary N) is 1. The predicted molar refractivity (Wildman–Crippen MR) is 79.5 cm³/mol. The highest BCUT2D eigenvalue weighted by Crippen LogP contribution is 2.30. The van der Waals surface area contributed by atoms with Crippen molar-refractivity contribution >= 4 is 5.91 Å². The van der Waals surface area contributed by atoms with E-state index >= 15 is 0 Å². The highest BCUT2D eigenvalue weighted by molar-refractivity contribution is 5.87. The second-order valence-corrected chi connectivity index (χ2v) is 5.94. The predicted octanol–water partition coefficient (Wildman–Crippen LogP) is 2.53. The molecule has 0 aromatic heterocycles. The summed E-state index contributed by atoms with van der Waals surface area (Å²) in [4.78, 5) is 12.1. The Morgan fingerprint density at radius 2 is 2.05 bits per heavy atom. The van der Waals surface area contributed by atoms with E-state index in [2.05, 4.69) is 5.32 Å². The first-order valence-corrected chi connectivity index (χ1v) is 7.27. The summed E-state index contributed by atoms with van der Waals surface area (Å²) >= 11 is 0. The number of carbonyl (C=O) groups excluding carboxylic acids is 1. The lowest BCUT2D eigenvalue weighted by Crippen LogP contribution is -2.58. The maximum Gasteiger partial charge on any atom is 0.240 e. The van der Waals surface area contributed by atoms with Crippen molar-refractivity contribution in [2.45, 2.75) is 57.7 Å². The molecule has 1 aromatic rings. The largest absolute Gasteiger partial charge is 0.491 e. The van der Waals surface area contributed by atoms with Crippen molar-refractivity contribution in [3.63, 3.8) is 0 Å². The van der Waals surface area contributed by atoms with Crippen LogP contribution in [0.5, 0.6) is 5.75 Å². The molecule has 4 heteroatoms. The highest BCUT2D eigenvalue weighted by atomic mass is 16.5. The van der Waals surface area contributed by atoms with Gasteiger partial charge in [0.15, 0.2) is 0 Å². The Hall–Kier alpha value is -1.55. The second kappa shape index (κ2) is 5.83. The van der Waals surface area contributed by atoms with Crippen LogP contribution in [0.25, 0.3) is 0 Å². The second-order valence-electron chi connectivity index (χ2n) is 5.94. The first kappa shape index (κ1) is 14.9. The summed E-state index contributed by atoms with van der Waals surface area (Å²) in [7, 11) is 0. The van der Waals surface area contributed by atoms with Gasteiger partial charge in [-0.1, -0.05) is 12.1 Å². The number of hydrogen-bond donors (Lipinski definition) is 2. The van der Waals surface area contributed by atoms with Crippen LogP contribution >= 0.6 is 0 Å². The van der Waals surface area contributed by atoms with E-state index in [-0.39, 0.29) is 18.1 Å². The van der Waals surface area contributed by atoms with Crippen LogP contribution < -0.4 is 15.8 Å². The maximum atomic E-state index is 12.1. The molecule has 0 spiro atoms. The van der Waals surface area contributed by atoms with Gasteiger partial charge >= 0.3 is 0 Å². The minimum absolute atomic E-state index is 0.0496. The lowest BCUT2D eigenvalue weighted by molar-refractivity contribution is -0.129. The summed E-state index contributed by atoms with van der Waals surface area (Å²) in [6.45, 7) is 5.95. The van der Waals surface area contributed by atoms with Crippen LogP contribution in [0, 0.1) is 0 Å². The molecule has 20 heavy (non-hydrogen) atoms. The number of carbonyl (C=O) groups is 1. The molecule has 1 aliphatic rings. The zero-order valence-electron chi connectivity index (χ0n) is 12.5. The van der Waals surface area contributed by atoms with Crippen molar-refractivity contribution in [2.75, 3.05) is 0 Å². The fourth-order valence-corrected chi connectivity index (χ4v) is 2.34. The van der Waals surface area contributed by atoms with Crippen LogP contribution in [0.1, 0.15) is 51.6 Å². The summed E-state index contributed by atoms with van der Waals surface area (Å²) in [6, 6.07) is 7.75. The molecule has 0 bridgehead atoms. The molecule has 1 unspecified atom stereocenters. The standard InChI is InChI=1S/C16H24N2O2/c1-11(2)20-14-7-4-6-13(10-14)12(3)18-15(19)16(17)8-5-9-16/h4,6-7,10-12H,5,8-9,17H2,1-3H3,(H,18,19). The molecule has 3 N–H and O–H groups in total. The Bertz CT molecular complexity index is 481. The van der Waals surface area contributed by atoms with Gasteiger partial charge in [0.1, 0.15) is 5.75 Å². The van der Waals surface area contributed by atoms with E-state index in [1.807, 2.05) is 45.0 Å². The fourth-order valence-electron chi connectivity index (χ4n) is 2.34. The van der Waals surface area contributed by atoms with E-state index in [1.54, 1.807) is 0 Å². The maximum absolute atomic E-state index is 12.1. The van der Waals surface area contributed by atoms with Gasteiger partial charge in [-0.2, -0.15) is 0 Å². The summed E-state index contributed by atoms with van der Waals surface area (Å²) in [5.41, 5.74) is 6.41. The van der Waals surface area contributed by atoms with E-state index in [0.29, 0.717) is 0 Å². The van der Waals surface area contributed by atoms with E-state index < -0.39 is 5.54 Å².